The number of esters is 4. The normalized spacial score (nSPS) is 10.1. The Morgan fingerprint density at radius 3 is 2.13 bits per heavy atom. The highest BCUT2D eigenvalue weighted by molar-refractivity contribution is 5.93. The van der Waals surface area contributed by atoms with Gasteiger partial charge < -0.3 is 14.2 Å². The van der Waals surface area contributed by atoms with Crippen molar-refractivity contribution >= 4 is 23.9 Å². The maximum Gasteiger partial charge on any atom is 0.351 e. The highest BCUT2D eigenvalue weighted by Gasteiger charge is 2.13. The van der Waals surface area contributed by atoms with E-state index in [2.05, 4.69) is 14.2 Å². The Morgan fingerprint density at radius 2 is 1.52 bits per heavy atom. The fourth-order valence-electron chi connectivity index (χ4n) is 1.46. The summed E-state index contributed by atoms with van der Waals surface area (Å²) in [5.41, 5.74) is 0.694. The minimum Gasteiger partial charge on any atom is -0.463 e. The first-order valence-corrected chi connectivity index (χ1v) is 6.80. The number of carbonyl (C=O) groups is 4. The number of ether oxygens (including phenoxy) is 3. The fourth-order valence-corrected chi connectivity index (χ4v) is 1.46. The third kappa shape index (κ3) is 8.15. The molecule has 1 aromatic rings. The van der Waals surface area contributed by atoms with Crippen LogP contribution in [0.3, 0.4) is 0 Å². The van der Waals surface area contributed by atoms with Crippen LogP contribution >= 0.6 is 0 Å². The molecule has 0 fully saturated rings. The van der Waals surface area contributed by atoms with Crippen molar-refractivity contribution in [1.29, 1.82) is 0 Å². The van der Waals surface area contributed by atoms with Crippen LogP contribution in [0.4, 0.5) is 0 Å². The van der Waals surface area contributed by atoms with E-state index >= 15 is 0 Å². The van der Waals surface area contributed by atoms with Crippen molar-refractivity contribution in [1.82, 2.24) is 0 Å². The molecule has 1 rings (SSSR count). The predicted molar refractivity (Wildman–Crippen MR) is 78.0 cm³/mol. The minimum atomic E-state index is -0.996. The molecule has 0 saturated carbocycles. The molecule has 0 radical (unpaired) electrons. The standard InChI is InChI=1S/C16H16O7/c1-2-21-13(17)8-9-14(18)22-11-16(20)23-15(19)10-12-6-4-3-5-7-12/h3-9H,2,10-11H2,1H3. The van der Waals surface area contributed by atoms with Gasteiger partial charge in [0.25, 0.3) is 0 Å². The van der Waals surface area contributed by atoms with Crippen molar-refractivity contribution in [3.63, 3.8) is 0 Å². The molecular weight excluding hydrogens is 304 g/mol. The Bertz CT molecular complexity index is 590. The van der Waals surface area contributed by atoms with Gasteiger partial charge in [-0.05, 0) is 12.5 Å². The van der Waals surface area contributed by atoms with Crippen LogP contribution in [0.1, 0.15) is 12.5 Å². The lowest BCUT2D eigenvalue weighted by Crippen LogP contribution is -2.20. The van der Waals surface area contributed by atoms with E-state index in [4.69, 9.17) is 0 Å². The van der Waals surface area contributed by atoms with E-state index < -0.39 is 30.5 Å². The Balaban J connectivity index is 2.29. The van der Waals surface area contributed by atoms with Crippen LogP contribution < -0.4 is 0 Å². The molecule has 0 aliphatic heterocycles. The van der Waals surface area contributed by atoms with Crippen molar-refractivity contribution in [2.45, 2.75) is 13.3 Å². The van der Waals surface area contributed by atoms with Gasteiger partial charge in [-0.15, -0.1) is 0 Å². The average molecular weight is 320 g/mol. The van der Waals surface area contributed by atoms with Gasteiger partial charge in [-0.1, -0.05) is 30.3 Å². The Kier molecular flexibility index (Phi) is 7.77. The van der Waals surface area contributed by atoms with Crippen LogP contribution in [0, 0.1) is 0 Å². The molecule has 1 aromatic carbocycles. The van der Waals surface area contributed by atoms with E-state index in [0.29, 0.717) is 5.56 Å². The molecule has 7 heteroatoms. The van der Waals surface area contributed by atoms with Crippen LogP contribution in [0.2, 0.25) is 0 Å². The zero-order chi connectivity index (χ0) is 17.1. The topological polar surface area (TPSA) is 96.0 Å². The van der Waals surface area contributed by atoms with Crippen molar-refractivity contribution in [2.24, 2.45) is 0 Å². The summed E-state index contributed by atoms with van der Waals surface area (Å²) in [4.78, 5) is 45.0. The first-order chi connectivity index (χ1) is 11.0. The number of rotatable bonds is 7. The Hall–Kier alpha value is -2.96. The molecule has 0 heterocycles. The molecule has 7 nitrogen and oxygen atoms in total. The largest absolute Gasteiger partial charge is 0.463 e. The second-order valence-corrected chi connectivity index (χ2v) is 4.20. The molecule has 122 valence electrons. The number of carbonyl (C=O) groups excluding carboxylic acids is 4. The number of hydrogen-bond donors (Lipinski definition) is 0. The van der Waals surface area contributed by atoms with Crippen LogP contribution in [-0.4, -0.2) is 37.1 Å². The van der Waals surface area contributed by atoms with Gasteiger partial charge in [0.1, 0.15) is 0 Å². The second-order valence-electron chi connectivity index (χ2n) is 4.20. The smallest absolute Gasteiger partial charge is 0.351 e. The minimum absolute atomic E-state index is 0.0662. The van der Waals surface area contributed by atoms with E-state index in [9.17, 15) is 19.2 Å². The van der Waals surface area contributed by atoms with E-state index in [-0.39, 0.29) is 13.0 Å². The lowest BCUT2D eigenvalue weighted by atomic mass is 10.2. The number of hydrogen-bond acceptors (Lipinski definition) is 7. The van der Waals surface area contributed by atoms with Crippen molar-refractivity contribution < 1.29 is 33.4 Å². The van der Waals surface area contributed by atoms with Gasteiger partial charge in [0.05, 0.1) is 13.0 Å². The van der Waals surface area contributed by atoms with Gasteiger partial charge in [-0.25, -0.2) is 14.4 Å². The molecule has 0 aliphatic rings. The first-order valence-electron chi connectivity index (χ1n) is 6.80. The summed E-state index contributed by atoms with van der Waals surface area (Å²) in [5.74, 6) is -3.38. The van der Waals surface area contributed by atoms with Gasteiger partial charge in [-0.3, -0.25) is 4.79 Å². The Labute approximate surface area is 132 Å². The molecule has 0 aliphatic carbocycles. The molecule has 0 saturated heterocycles. The van der Waals surface area contributed by atoms with Gasteiger partial charge in [0.15, 0.2) is 6.61 Å². The average Bonchev–Trinajstić information content (AvgIpc) is 2.52. The maximum atomic E-state index is 11.5. The quantitative estimate of drug-likeness (QED) is 0.319. The lowest BCUT2D eigenvalue weighted by molar-refractivity contribution is -0.165. The highest BCUT2D eigenvalue weighted by Crippen LogP contribution is 2.01. The monoisotopic (exact) mass is 320 g/mol. The van der Waals surface area contributed by atoms with Crippen molar-refractivity contribution in [2.75, 3.05) is 13.2 Å². The zero-order valence-electron chi connectivity index (χ0n) is 12.5. The summed E-state index contributed by atoms with van der Waals surface area (Å²) in [6.07, 6.45) is 1.62. The van der Waals surface area contributed by atoms with Crippen LogP contribution in [0.5, 0.6) is 0 Å². The zero-order valence-corrected chi connectivity index (χ0v) is 12.5. The summed E-state index contributed by atoms with van der Waals surface area (Å²) in [5, 5.41) is 0. The predicted octanol–water partition coefficient (Wildman–Crippen LogP) is 0.961. The summed E-state index contributed by atoms with van der Waals surface area (Å²) in [6.45, 7) is 1.06. The fraction of sp³-hybridized carbons (Fsp3) is 0.250. The van der Waals surface area contributed by atoms with E-state index in [0.717, 1.165) is 12.2 Å². The molecule has 0 aromatic heterocycles. The van der Waals surface area contributed by atoms with Crippen LogP contribution in [-0.2, 0) is 39.8 Å². The van der Waals surface area contributed by atoms with Gasteiger partial charge in [0.2, 0.25) is 0 Å². The van der Waals surface area contributed by atoms with Crippen molar-refractivity contribution in [3.8, 4) is 0 Å². The summed E-state index contributed by atoms with van der Waals surface area (Å²) in [7, 11) is 0. The molecule has 0 bridgehead atoms. The second kappa shape index (κ2) is 9.88. The van der Waals surface area contributed by atoms with Crippen LogP contribution in [0.25, 0.3) is 0 Å². The van der Waals surface area contributed by atoms with Crippen molar-refractivity contribution in [3.05, 3.63) is 48.0 Å². The third-order valence-electron chi connectivity index (χ3n) is 2.39. The van der Waals surface area contributed by atoms with E-state index in [1.54, 1.807) is 37.3 Å². The Morgan fingerprint density at radius 1 is 0.913 bits per heavy atom. The van der Waals surface area contributed by atoms with E-state index in [1.165, 1.54) is 0 Å². The summed E-state index contributed by atoms with van der Waals surface area (Å²) >= 11 is 0. The SMILES string of the molecule is CCOC(=O)C=CC(=O)OCC(=O)OC(=O)Cc1ccccc1. The molecule has 0 atom stereocenters. The summed E-state index contributed by atoms with van der Waals surface area (Å²) < 4.78 is 13.6. The van der Waals surface area contributed by atoms with Crippen LogP contribution in [0.15, 0.2) is 42.5 Å². The molecule has 0 amide bonds. The van der Waals surface area contributed by atoms with E-state index in [1.807, 2.05) is 0 Å². The first kappa shape index (κ1) is 18.1. The van der Waals surface area contributed by atoms with Gasteiger partial charge in [0, 0.05) is 12.2 Å². The van der Waals surface area contributed by atoms with Gasteiger partial charge in [-0.2, -0.15) is 0 Å². The highest BCUT2D eigenvalue weighted by atomic mass is 16.6. The molecule has 0 unspecified atom stereocenters. The molecular formula is C16H16O7. The molecule has 0 spiro atoms. The molecule has 23 heavy (non-hydrogen) atoms. The third-order valence-corrected chi connectivity index (χ3v) is 2.39. The molecule has 0 N–H and O–H groups in total. The number of benzene rings is 1. The maximum absolute atomic E-state index is 11.5. The van der Waals surface area contributed by atoms with Gasteiger partial charge >= 0.3 is 23.9 Å². The lowest BCUT2D eigenvalue weighted by Gasteiger charge is -2.03. The summed E-state index contributed by atoms with van der Waals surface area (Å²) in [6, 6.07) is 8.73.